The maximum absolute atomic E-state index is 13.3. The van der Waals surface area contributed by atoms with Gasteiger partial charge in [-0.25, -0.2) is 17.5 Å². The Morgan fingerprint density at radius 1 is 1.38 bits per heavy atom. The van der Waals surface area contributed by atoms with Crippen molar-refractivity contribution in [3.63, 3.8) is 0 Å². The minimum absolute atomic E-state index is 0.169. The first kappa shape index (κ1) is 16.4. The Hall–Kier alpha value is -1.02. The van der Waals surface area contributed by atoms with Gasteiger partial charge in [0.2, 0.25) is 10.0 Å². The monoisotopic (exact) mass is 317 g/mol. The zero-order valence-corrected chi connectivity index (χ0v) is 12.7. The Kier molecular flexibility index (Phi) is 4.98. The molecule has 0 amide bonds. The second kappa shape index (κ2) is 6.39. The second-order valence-electron chi connectivity index (χ2n) is 5.66. The molecule has 1 aliphatic heterocycles. The average molecular weight is 317 g/mol. The third kappa shape index (κ3) is 4.00. The Morgan fingerprint density at radius 2 is 2.05 bits per heavy atom. The zero-order valence-electron chi connectivity index (χ0n) is 11.9. The molecule has 0 aliphatic carbocycles. The average Bonchev–Trinajstić information content (AvgIpc) is 2.46. The smallest absolute Gasteiger partial charge is 0.241 e. The van der Waals surface area contributed by atoms with Crippen molar-refractivity contribution >= 4 is 10.0 Å². The van der Waals surface area contributed by atoms with E-state index in [-0.39, 0.29) is 22.4 Å². The van der Waals surface area contributed by atoms with Gasteiger partial charge in [-0.2, -0.15) is 0 Å². The molecular weight excluding hydrogens is 297 g/mol. The van der Waals surface area contributed by atoms with E-state index in [1.165, 1.54) is 6.07 Å². The van der Waals surface area contributed by atoms with E-state index in [1.54, 1.807) is 0 Å². The summed E-state index contributed by atoms with van der Waals surface area (Å²) in [7, 11) is -3.85. The van der Waals surface area contributed by atoms with E-state index in [1.807, 2.05) is 6.92 Å². The molecule has 0 aromatic heterocycles. The van der Waals surface area contributed by atoms with Gasteiger partial charge in [-0.15, -0.1) is 0 Å². The van der Waals surface area contributed by atoms with Gasteiger partial charge in [0, 0.05) is 19.8 Å². The molecule has 2 rings (SSSR count). The summed E-state index contributed by atoms with van der Waals surface area (Å²) in [6.45, 7) is 3.03. The van der Waals surface area contributed by atoms with Gasteiger partial charge < -0.3 is 9.84 Å². The van der Waals surface area contributed by atoms with Gasteiger partial charge in [0.15, 0.2) is 0 Å². The number of sulfonamides is 1. The fraction of sp³-hybridized carbons (Fsp3) is 0.571. The van der Waals surface area contributed by atoms with Crippen LogP contribution in [-0.4, -0.2) is 33.3 Å². The first-order valence-electron chi connectivity index (χ1n) is 6.83. The van der Waals surface area contributed by atoms with Crippen molar-refractivity contribution in [2.45, 2.75) is 31.3 Å². The topological polar surface area (TPSA) is 75.6 Å². The van der Waals surface area contributed by atoms with Crippen LogP contribution in [0.25, 0.3) is 0 Å². The molecule has 1 heterocycles. The predicted octanol–water partition coefficient (Wildman–Crippen LogP) is 1.41. The molecule has 1 aromatic rings. The quantitative estimate of drug-likeness (QED) is 0.861. The lowest BCUT2D eigenvalue weighted by molar-refractivity contribution is 0.0264. The normalized spacial score (nSPS) is 18.6. The number of nitrogens with one attached hydrogen (secondary N) is 1. The molecule has 1 saturated heterocycles. The van der Waals surface area contributed by atoms with Crippen LogP contribution < -0.4 is 4.72 Å². The van der Waals surface area contributed by atoms with E-state index in [0.29, 0.717) is 13.2 Å². The fourth-order valence-corrected chi connectivity index (χ4v) is 3.74. The van der Waals surface area contributed by atoms with Crippen LogP contribution >= 0.6 is 0 Å². The highest BCUT2D eigenvalue weighted by molar-refractivity contribution is 7.89. The molecule has 1 aliphatic rings. The van der Waals surface area contributed by atoms with Crippen LogP contribution in [0.4, 0.5) is 4.39 Å². The third-order valence-electron chi connectivity index (χ3n) is 3.88. The highest BCUT2D eigenvalue weighted by Gasteiger charge is 2.30. The van der Waals surface area contributed by atoms with Crippen LogP contribution in [0, 0.1) is 11.2 Å². The predicted molar refractivity (Wildman–Crippen MR) is 75.7 cm³/mol. The number of ether oxygens (including phenoxy) is 1. The molecule has 118 valence electrons. The summed E-state index contributed by atoms with van der Waals surface area (Å²) >= 11 is 0. The van der Waals surface area contributed by atoms with Crippen molar-refractivity contribution in [1.29, 1.82) is 0 Å². The molecule has 7 heteroatoms. The standard InChI is InChI=1S/C14H20FNO4S/c1-14(4-6-20-7-5-14)10-16-21(18,19)13-8-12(15)3-2-11(13)9-17/h2-3,8,16-17H,4-7,9-10H2,1H3. The van der Waals surface area contributed by atoms with Crippen LogP contribution in [0.3, 0.4) is 0 Å². The maximum atomic E-state index is 13.3. The van der Waals surface area contributed by atoms with Gasteiger partial charge in [-0.05, 0) is 36.0 Å². The first-order chi connectivity index (χ1) is 9.86. The third-order valence-corrected chi connectivity index (χ3v) is 5.36. The molecule has 21 heavy (non-hydrogen) atoms. The summed E-state index contributed by atoms with van der Waals surface area (Å²) in [4.78, 5) is -0.208. The van der Waals surface area contributed by atoms with Crippen LogP contribution in [-0.2, 0) is 21.4 Å². The van der Waals surface area contributed by atoms with E-state index in [2.05, 4.69) is 4.72 Å². The van der Waals surface area contributed by atoms with Gasteiger partial charge in [0.1, 0.15) is 5.82 Å². The summed E-state index contributed by atoms with van der Waals surface area (Å²) in [6.07, 6.45) is 1.54. The Balaban J connectivity index is 2.17. The van der Waals surface area contributed by atoms with Gasteiger partial charge in [0.05, 0.1) is 11.5 Å². The minimum Gasteiger partial charge on any atom is -0.392 e. The summed E-state index contributed by atoms with van der Waals surface area (Å²) in [5, 5.41) is 9.21. The van der Waals surface area contributed by atoms with Crippen molar-refractivity contribution < 1.29 is 22.7 Å². The number of rotatable bonds is 5. The van der Waals surface area contributed by atoms with Crippen molar-refractivity contribution in [2.75, 3.05) is 19.8 Å². The number of halogens is 1. The molecule has 0 spiro atoms. The van der Waals surface area contributed by atoms with Crippen molar-refractivity contribution in [1.82, 2.24) is 4.72 Å². The summed E-state index contributed by atoms with van der Waals surface area (Å²) < 4.78 is 45.8. The van der Waals surface area contributed by atoms with Crippen molar-refractivity contribution in [3.05, 3.63) is 29.6 Å². The molecule has 0 atom stereocenters. The van der Waals surface area contributed by atoms with Crippen molar-refractivity contribution in [2.24, 2.45) is 5.41 Å². The lowest BCUT2D eigenvalue weighted by Gasteiger charge is -2.33. The Morgan fingerprint density at radius 3 is 2.67 bits per heavy atom. The zero-order chi connectivity index (χ0) is 15.5. The first-order valence-corrected chi connectivity index (χ1v) is 8.31. The Labute approximate surface area is 124 Å². The van der Waals surface area contributed by atoms with E-state index in [0.717, 1.165) is 25.0 Å². The number of benzene rings is 1. The van der Waals surface area contributed by atoms with E-state index >= 15 is 0 Å². The van der Waals surface area contributed by atoms with Crippen LogP contribution in [0.2, 0.25) is 0 Å². The number of aliphatic hydroxyl groups is 1. The minimum atomic E-state index is -3.85. The van der Waals surface area contributed by atoms with Gasteiger partial charge in [-0.1, -0.05) is 13.0 Å². The summed E-state index contributed by atoms with van der Waals surface area (Å²) in [5.74, 6) is -0.648. The Bertz CT molecular complexity index is 597. The maximum Gasteiger partial charge on any atom is 0.241 e. The molecule has 2 N–H and O–H groups in total. The largest absolute Gasteiger partial charge is 0.392 e. The number of hydrogen-bond donors (Lipinski definition) is 2. The van der Waals surface area contributed by atoms with Crippen LogP contribution in [0.1, 0.15) is 25.3 Å². The fourth-order valence-electron chi connectivity index (χ4n) is 2.30. The molecule has 0 unspecified atom stereocenters. The van der Waals surface area contributed by atoms with Gasteiger partial charge in [-0.3, -0.25) is 0 Å². The molecule has 0 bridgehead atoms. The number of aliphatic hydroxyl groups excluding tert-OH is 1. The summed E-state index contributed by atoms with van der Waals surface area (Å²) in [6, 6.07) is 3.34. The van der Waals surface area contributed by atoms with Crippen LogP contribution in [0.15, 0.2) is 23.1 Å². The summed E-state index contributed by atoms with van der Waals surface area (Å²) in [5.41, 5.74) is 0.0129. The molecule has 1 aromatic carbocycles. The SMILES string of the molecule is CC1(CNS(=O)(=O)c2cc(F)ccc2CO)CCOCC1. The lowest BCUT2D eigenvalue weighted by atomic mass is 9.83. The van der Waals surface area contributed by atoms with Gasteiger partial charge >= 0.3 is 0 Å². The second-order valence-corrected chi connectivity index (χ2v) is 7.39. The molecule has 0 saturated carbocycles. The van der Waals surface area contributed by atoms with Crippen LogP contribution in [0.5, 0.6) is 0 Å². The van der Waals surface area contributed by atoms with E-state index < -0.39 is 22.4 Å². The van der Waals surface area contributed by atoms with E-state index in [4.69, 9.17) is 4.74 Å². The highest BCUT2D eigenvalue weighted by Crippen LogP contribution is 2.29. The molecule has 5 nitrogen and oxygen atoms in total. The lowest BCUT2D eigenvalue weighted by Crippen LogP contribution is -2.39. The highest BCUT2D eigenvalue weighted by atomic mass is 32.2. The molecule has 1 fully saturated rings. The molecule has 0 radical (unpaired) electrons. The van der Waals surface area contributed by atoms with E-state index in [9.17, 15) is 17.9 Å². The van der Waals surface area contributed by atoms with Gasteiger partial charge in [0.25, 0.3) is 0 Å². The molecular formula is C14H20FNO4S. The number of hydrogen-bond acceptors (Lipinski definition) is 4. The van der Waals surface area contributed by atoms with Crippen molar-refractivity contribution in [3.8, 4) is 0 Å².